The van der Waals surface area contributed by atoms with Gasteiger partial charge in [-0.15, -0.1) is 0 Å². The largest absolute Gasteiger partial charge is 0.373 e. The fourth-order valence-corrected chi connectivity index (χ4v) is 8.00. The Labute approximate surface area is 243 Å². The predicted octanol–water partition coefficient (Wildman–Crippen LogP) is 5.93. The Morgan fingerprint density at radius 3 is 2.40 bits per heavy atom. The lowest BCUT2D eigenvalue weighted by molar-refractivity contribution is 0.0122. The molecule has 4 aliphatic rings. The zero-order valence-corrected chi connectivity index (χ0v) is 24.0. The third kappa shape index (κ3) is 4.91. The standard InChI is InChI=1S/C29H29Cl2N3O5S/c30-23-2-1-3-24(31)26(23)27-22(28(39-32-27)16-4-5-16)15-38-25-13-20-12-18(25)14-34(20)19-8-6-17(7-9-19)29(35)33-40(36,37)21-10-11-21/h1-3,6-9,16,18,20-21,25H,4-5,10-15H2,(H,33,35)/t18-,20-,25+/m0/s1. The number of fused-ring (bicyclic) bond motifs is 2. The molecule has 1 amide bonds. The highest BCUT2D eigenvalue weighted by Gasteiger charge is 2.46. The van der Waals surface area contributed by atoms with E-state index in [1.54, 1.807) is 24.3 Å². The van der Waals surface area contributed by atoms with Gasteiger partial charge in [-0.2, -0.15) is 0 Å². The second kappa shape index (κ2) is 10.0. The molecule has 7 rings (SSSR count). The molecule has 2 aromatic carbocycles. The van der Waals surface area contributed by atoms with Crippen molar-refractivity contribution in [1.29, 1.82) is 0 Å². The number of nitrogens with one attached hydrogen (secondary N) is 1. The number of hydrogen-bond acceptors (Lipinski definition) is 7. The molecule has 1 saturated heterocycles. The summed E-state index contributed by atoms with van der Waals surface area (Å²) >= 11 is 13.0. The molecule has 2 heterocycles. The number of aromatic nitrogens is 1. The van der Waals surface area contributed by atoms with Gasteiger partial charge in [0.1, 0.15) is 11.5 Å². The van der Waals surface area contributed by atoms with Gasteiger partial charge >= 0.3 is 0 Å². The molecule has 3 atom stereocenters. The number of rotatable bonds is 9. The maximum absolute atomic E-state index is 12.4. The van der Waals surface area contributed by atoms with Gasteiger partial charge in [0, 0.05) is 46.8 Å². The van der Waals surface area contributed by atoms with Crippen LogP contribution in [0.4, 0.5) is 5.69 Å². The fourth-order valence-electron chi connectivity index (χ4n) is 6.12. The van der Waals surface area contributed by atoms with Crippen LogP contribution in [0.3, 0.4) is 0 Å². The molecule has 2 bridgehead atoms. The number of amides is 1. The molecule has 0 radical (unpaired) electrons. The molecular weight excluding hydrogens is 573 g/mol. The van der Waals surface area contributed by atoms with Crippen LogP contribution in [-0.2, 0) is 21.4 Å². The number of benzene rings is 2. The Hall–Kier alpha value is -2.59. The van der Waals surface area contributed by atoms with Crippen LogP contribution in [-0.4, -0.2) is 43.4 Å². The second-order valence-corrected chi connectivity index (χ2v) is 14.1. The second-order valence-electron chi connectivity index (χ2n) is 11.4. The van der Waals surface area contributed by atoms with Crippen molar-refractivity contribution < 1.29 is 22.5 Å². The molecule has 1 aromatic heterocycles. The first-order chi connectivity index (χ1) is 19.3. The van der Waals surface area contributed by atoms with Gasteiger partial charge in [-0.25, -0.2) is 13.1 Å². The van der Waals surface area contributed by atoms with Gasteiger partial charge < -0.3 is 14.2 Å². The quantitative estimate of drug-likeness (QED) is 0.324. The first-order valence-electron chi connectivity index (χ1n) is 13.8. The van der Waals surface area contributed by atoms with E-state index < -0.39 is 21.2 Å². The number of anilines is 1. The molecule has 0 spiro atoms. The predicted molar refractivity (Wildman–Crippen MR) is 152 cm³/mol. The first-order valence-corrected chi connectivity index (χ1v) is 16.1. The van der Waals surface area contributed by atoms with Gasteiger partial charge in [-0.1, -0.05) is 34.4 Å². The third-order valence-corrected chi connectivity index (χ3v) is 11.0. The minimum absolute atomic E-state index is 0.121. The van der Waals surface area contributed by atoms with Crippen LogP contribution in [0.15, 0.2) is 47.0 Å². The fraction of sp³-hybridized carbons (Fsp3) is 0.448. The monoisotopic (exact) mass is 601 g/mol. The normalized spacial score (nSPS) is 24.1. The molecule has 0 unspecified atom stereocenters. The topological polar surface area (TPSA) is 102 Å². The van der Waals surface area contributed by atoms with E-state index in [-0.39, 0.29) is 6.10 Å². The molecule has 1 aliphatic heterocycles. The molecule has 11 heteroatoms. The van der Waals surface area contributed by atoms with Crippen molar-refractivity contribution in [3.8, 4) is 11.3 Å². The smallest absolute Gasteiger partial charge is 0.264 e. The van der Waals surface area contributed by atoms with E-state index in [9.17, 15) is 13.2 Å². The van der Waals surface area contributed by atoms with Crippen LogP contribution in [0.1, 0.15) is 66.1 Å². The van der Waals surface area contributed by atoms with Gasteiger partial charge in [0.05, 0.1) is 28.0 Å². The lowest BCUT2D eigenvalue weighted by Crippen LogP contribution is -2.38. The summed E-state index contributed by atoms with van der Waals surface area (Å²) in [5.74, 6) is 1.06. The Balaban J connectivity index is 1.01. The molecule has 3 aliphatic carbocycles. The van der Waals surface area contributed by atoms with E-state index in [2.05, 4.69) is 14.8 Å². The summed E-state index contributed by atoms with van der Waals surface area (Å²) in [6.45, 7) is 1.26. The van der Waals surface area contributed by atoms with Gasteiger partial charge in [-0.3, -0.25) is 4.79 Å². The molecule has 40 heavy (non-hydrogen) atoms. The Morgan fingerprint density at radius 2 is 1.77 bits per heavy atom. The van der Waals surface area contributed by atoms with E-state index in [0.29, 0.717) is 64.2 Å². The molecule has 3 aromatic rings. The summed E-state index contributed by atoms with van der Waals surface area (Å²) in [6.07, 6.45) is 5.45. The number of piperidine rings is 1. The SMILES string of the molecule is O=C(NS(=O)(=O)C1CC1)c1ccc(N2C[C@@H]3C[C@H]2C[C@H]3OCc2c(-c3c(Cl)cccc3Cl)noc2C2CC2)cc1. The summed E-state index contributed by atoms with van der Waals surface area (Å²) in [4.78, 5) is 14.8. The Morgan fingerprint density at radius 1 is 1.05 bits per heavy atom. The van der Waals surface area contributed by atoms with Crippen molar-refractivity contribution in [2.75, 3.05) is 11.4 Å². The van der Waals surface area contributed by atoms with Crippen molar-refractivity contribution in [2.45, 2.75) is 68.4 Å². The number of ether oxygens (including phenoxy) is 1. The Kier molecular flexibility index (Phi) is 6.61. The number of sulfonamides is 1. The highest BCUT2D eigenvalue weighted by atomic mass is 35.5. The van der Waals surface area contributed by atoms with E-state index in [0.717, 1.165) is 49.2 Å². The summed E-state index contributed by atoms with van der Waals surface area (Å²) in [6, 6.07) is 12.9. The van der Waals surface area contributed by atoms with Gasteiger partial charge in [0.2, 0.25) is 10.0 Å². The maximum Gasteiger partial charge on any atom is 0.264 e. The average molecular weight is 603 g/mol. The minimum Gasteiger partial charge on any atom is -0.373 e. The number of hydrogen-bond donors (Lipinski definition) is 1. The Bertz CT molecular complexity index is 1550. The van der Waals surface area contributed by atoms with Crippen molar-refractivity contribution in [3.05, 3.63) is 69.4 Å². The van der Waals surface area contributed by atoms with Crippen molar-refractivity contribution in [3.63, 3.8) is 0 Å². The molecule has 8 nitrogen and oxygen atoms in total. The third-order valence-electron chi connectivity index (χ3n) is 8.54. The lowest BCUT2D eigenvalue weighted by Gasteiger charge is -2.33. The number of carbonyl (C=O) groups is 1. The molecule has 1 N–H and O–H groups in total. The summed E-state index contributed by atoms with van der Waals surface area (Å²) < 4.78 is 38.7. The summed E-state index contributed by atoms with van der Waals surface area (Å²) in [7, 11) is -3.57. The van der Waals surface area contributed by atoms with Crippen LogP contribution in [0, 0.1) is 5.92 Å². The van der Waals surface area contributed by atoms with E-state index in [1.165, 1.54) is 0 Å². The van der Waals surface area contributed by atoms with Crippen molar-refractivity contribution in [1.82, 2.24) is 9.88 Å². The van der Waals surface area contributed by atoms with Gasteiger partial charge in [0.15, 0.2) is 0 Å². The van der Waals surface area contributed by atoms with Crippen LogP contribution in [0.2, 0.25) is 10.0 Å². The highest BCUT2D eigenvalue weighted by molar-refractivity contribution is 7.91. The highest BCUT2D eigenvalue weighted by Crippen LogP contribution is 2.47. The molecule has 4 fully saturated rings. The minimum atomic E-state index is -3.57. The van der Waals surface area contributed by atoms with Crippen LogP contribution < -0.4 is 9.62 Å². The van der Waals surface area contributed by atoms with Gasteiger partial charge in [-0.05, 0) is 74.9 Å². The molecule has 210 valence electrons. The van der Waals surface area contributed by atoms with Crippen LogP contribution in [0.5, 0.6) is 0 Å². The summed E-state index contributed by atoms with van der Waals surface area (Å²) in [5, 5.41) is 5.01. The van der Waals surface area contributed by atoms with E-state index in [1.807, 2.05) is 18.2 Å². The van der Waals surface area contributed by atoms with E-state index in [4.69, 9.17) is 32.5 Å². The number of nitrogens with zero attached hydrogens (tertiary/aromatic N) is 2. The molecular formula is C29H29Cl2N3O5S. The van der Waals surface area contributed by atoms with Crippen molar-refractivity contribution >= 4 is 44.8 Å². The number of halogens is 2. The van der Waals surface area contributed by atoms with E-state index >= 15 is 0 Å². The van der Waals surface area contributed by atoms with Crippen molar-refractivity contribution in [2.24, 2.45) is 5.92 Å². The van der Waals surface area contributed by atoms with Crippen LogP contribution >= 0.6 is 23.2 Å². The zero-order chi connectivity index (χ0) is 27.6. The number of carbonyl (C=O) groups excluding carboxylic acids is 1. The summed E-state index contributed by atoms with van der Waals surface area (Å²) in [5.41, 5.74) is 3.65. The lowest BCUT2D eigenvalue weighted by atomic mass is 10.0. The maximum atomic E-state index is 12.4. The zero-order valence-electron chi connectivity index (χ0n) is 21.7. The first kappa shape index (κ1) is 26.3. The van der Waals surface area contributed by atoms with Gasteiger partial charge in [0.25, 0.3) is 5.91 Å². The molecule has 3 saturated carbocycles. The average Bonchev–Trinajstić information content (AvgIpc) is 3.86. The van der Waals surface area contributed by atoms with Crippen LogP contribution in [0.25, 0.3) is 11.3 Å².